The first kappa shape index (κ1) is 12.0. The van der Waals surface area contributed by atoms with E-state index < -0.39 is 0 Å². The van der Waals surface area contributed by atoms with Crippen LogP contribution < -0.4 is 11.1 Å². The summed E-state index contributed by atoms with van der Waals surface area (Å²) in [6.07, 6.45) is 0. The Morgan fingerprint density at radius 2 is 1.95 bits per heavy atom. The van der Waals surface area contributed by atoms with E-state index in [4.69, 9.17) is 5.73 Å². The molecule has 3 nitrogen and oxygen atoms in total. The molecule has 0 fully saturated rings. The van der Waals surface area contributed by atoms with Crippen molar-refractivity contribution in [3.05, 3.63) is 47.0 Å². The summed E-state index contributed by atoms with van der Waals surface area (Å²) >= 11 is 1.60. The predicted octanol–water partition coefficient (Wildman–Crippen LogP) is 4.24. The highest BCUT2D eigenvalue weighted by molar-refractivity contribution is 7.16. The first-order valence-electron chi connectivity index (χ1n) is 6.11. The Balaban J connectivity index is 2.00. The highest BCUT2D eigenvalue weighted by Gasteiger charge is 2.07. The number of thiazole rings is 1. The topological polar surface area (TPSA) is 50.9 Å². The van der Waals surface area contributed by atoms with Gasteiger partial charge in [-0.1, -0.05) is 6.07 Å². The molecule has 1 aromatic heterocycles. The SMILES string of the molecule is Cc1ccc(Nc2ccc3scnc3c2N)cc1C. The fourth-order valence-corrected chi connectivity index (χ4v) is 2.73. The molecule has 0 spiro atoms. The molecule has 0 unspecified atom stereocenters. The van der Waals surface area contributed by atoms with Crippen LogP contribution >= 0.6 is 11.3 Å². The molecule has 0 bridgehead atoms. The molecule has 0 radical (unpaired) electrons. The van der Waals surface area contributed by atoms with Crippen LogP contribution in [-0.2, 0) is 0 Å². The van der Waals surface area contributed by atoms with Gasteiger partial charge in [-0.15, -0.1) is 11.3 Å². The first-order chi connectivity index (χ1) is 9.15. The van der Waals surface area contributed by atoms with Gasteiger partial charge in [-0.05, 0) is 49.2 Å². The maximum absolute atomic E-state index is 6.16. The summed E-state index contributed by atoms with van der Waals surface area (Å²) in [7, 11) is 0. The normalized spacial score (nSPS) is 10.8. The molecule has 3 rings (SSSR count). The third-order valence-corrected chi connectivity index (χ3v) is 4.12. The number of hydrogen-bond acceptors (Lipinski definition) is 4. The van der Waals surface area contributed by atoms with E-state index in [0.717, 1.165) is 21.6 Å². The fraction of sp³-hybridized carbons (Fsp3) is 0.133. The second kappa shape index (κ2) is 4.55. The number of fused-ring (bicyclic) bond motifs is 1. The van der Waals surface area contributed by atoms with Gasteiger partial charge in [-0.25, -0.2) is 4.98 Å². The molecular formula is C15H15N3S. The van der Waals surface area contributed by atoms with Gasteiger partial charge in [0.2, 0.25) is 0 Å². The van der Waals surface area contributed by atoms with Crippen molar-refractivity contribution in [2.75, 3.05) is 11.1 Å². The zero-order valence-corrected chi connectivity index (χ0v) is 11.7. The zero-order valence-electron chi connectivity index (χ0n) is 10.9. The lowest BCUT2D eigenvalue weighted by molar-refractivity contribution is 1.34. The minimum absolute atomic E-state index is 0.706. The van der Waals surface area contributed by atoms with E-state index in [1.165, 1.54) is 11.1 Å². The minimum atomic E-state index is 0.706. The molecule has 96 valence electrons. The van der Waals surface area contributed by atoms with Gasteiger partial charge in [0.05, 0.1) is 21.6 Å². The molecule has 2 aromatic carbocycles. The van der Waals surface area contributed by atoms with E-state index in [0.29, 0.717) is 5.69 Å². The number of hydrogen-bond donors (Lipinski definition) is 2. The van der Waals surface area contributed by atoms with Crippen LogP contribution in [0.15, 0.2) is 35.8 Å². The van der Waals surface area contributed by atoms with Gasteiger partial charge in [0.1, 0.15) is 5.52 Å². The molecule has 19 heavy (non-hydrogen) atoms. The van der Waals surface area contributed by atoms with Gasteiger partial charge in [-0.3, -0.25) is 0 Å². The average Bonchev–Trinajstić information content (AvgIpc) is 2.86. The largest absolute Gasteiger partial charge is 0.395 e. The Kier molecular flexibility index (Phi) is 2.87. The van der Waals surface area contributed by atoms with Crippen LogP contribution in [0.4, 0.5) is 17.1 Å². The molecule has 3 aromatic rings. The van der Waals surface area contributed by atoms with Crippen molar-refractivity contribution < 1.29 is 0 Å². The number of nitrogens with two attached hydrogens (primary N) is 1. The molecule has 1 heterocycles. The number of aryl methyl sites for hydroxylation is 2. The van der Waals surface area contributed by atoms with Crippen LogP contribution in [0.25, 0.3) is 10.2 Å². The molecule has 0 aliphatic rings. The summed E-state index contributed by atoms with van der Waals surface area (Å²) < 4.78 is 1.11. The van der Waals surface area contributed by atoms with Crippen LogP contribution in [0, 0.1) is 13.8 Å². The number of anilines is 3. The van der Waals surface area contributed by atoms with E-state index in [2.05, 4.69) is 42.3 Å². The summed E-state index contributed by atoms with van der Waals surface area (Å²) in [6.45, 7) is 4.21. The van der Waals surface area contributed by atoms with Crippen LogP contribution in [-0.4, -0.2) is 4.98 Å². The van der Waals surface area contributed by atoms with Gasteiger partial charge in [0, 0.05) is 5.69 Å². The van der Waals surface area contributed by atoms with Gasteiger partial charge in [0.25, 0.3) is 0 Å². The highest BCUT2D eigenvalue weighted by atomic mass is 32.1. The number of rotatable bonds is 2. The Hall–Kier alpha value is -2.07. The number of nitrogens with one attached hydrogen (secondary N) is 1. The van der Waals surface area contributed by atoms with Crippen molar-refractivity contribution in [1.82, 2.24) is 4.98 Å². The molecule has 4 heteroatoms. The second-order valence-corrected chi connectivity index (χ2v) is 5.54. The number of benzene rings is 2. The second-order valence-electron chi connectivity index (χ2n) is 4.65. The van der Waals surface area contributed by atoms with E-state index >= 15 is 0 Å². The molecule has 0 atom stereocenters. The van der Waals surface area contributed by atoms with Crippen molar-refractivity contribution in [2.24, 2.45) is 0 Å². The van der Waals surface area contributed by atoms with Crippen molar-refractivity contribution in [1.29, 1.82) is 0 Å². The van der Waals surface area contributed by atoms with E-state index in [1.54, 1.807) is 11.3 Å². The van der Waals surface area contributed by atoms with Crippen LogP contribution in [0.3, 0.4) is 0 Å². The van der Waals surface area contributed by atoms with E-state index in [9.17, 15) is 0 Å². The summed E-state index contributed by atoms with van der Waals surface area (Å²) in [4.78, 5) is 4.31. The highest BCUT2D eigenvalue weighted by Crippen LogP contribution is 2.32. The third-order valence-electron chi connectivity index (χ3n) is 3.33. The average molecular weight is 269 g/mol. The fourth-order valence-electron chi connectivity index (χ4n) is 2.04. The predicted molar refractivity (Wildman–Crippen MR) is 83.2 cm³/mol. The lowest BCUT2D eigenvalue weighted by Crippen LogP contribution is -1.97. The van der Waals surface area contributed by atoms with Crippen molar-refractivity contribution in [2.45, 2.75) is 13.8 Å². The Morgan fingerprint density at radius 3 is 2.74 bits per heavy atom. The molecule has 3 N–H and O–H groups in total. The Bertz CT molecular complexity index is 746. The molecular weight excluding hydrogens is 254 g/mol. The summed E-state index contributed by atoms with van der Waals surface area (Å²) in [5.41, 5.74) is 14.1. The zero-order chi connectivity index (χ0) is 13.4. The van der Waals surface area contributed by atoms with Crippen molar-refractivity contribution in [3.8, 4) is 0 Å². The first-order valence-corrected chi connectivity index (χ1v) is 6.99. The van der Waals surface area contributed by atoms with Crippen molar-refractivity contribution >= 4 is 38.6 Å². The third kappa shape index (κ3) is 2.15. The van der Waals surface area contributed by atoms with Crippen LogP contribution in [0.5, 0.6) is 0 Å². The standard InChI is InChI=1S/C15H15N3S/c1-9-3-4-11(7-10(9)2)18-12-5-6-13-15(14(12)16)17-8-19-13/h3-8,18H,16H2,1-2H3. The Labute approximate surface area is 116 Å². The molecule has 0 aliphatic carbocycles. The van der Waals surface area contributed by atoms with E-state index in [-0.39, 0.29) is 0 Å². The lowest BCUT2D eigenvalue weighted by atomic mass is 10.1. The molecule has 0 saturated carbocycles. The monoisotopic (exact) mass is 269 g/mol. The summed E-state index contributed by atoms with van der Waals surface area (Å²) in [5.74, 6) is 0. The van der Waals surface area contributed by atoms with E-state index in [1.807, 2.05) is 17.6 Å². The maximum atomic E-state index is 6.16. The summed E-state index contributed by atoms with van der Waals surface area (Å²) in [6, 6.07) is 10.3. The van der Waals surface area contributed by atoms with Crippen LogP contribution in [0.1, 0.15) is 11.1 Å². The number of nitrogens with zero attached hydrogens (tertiary/aromatic N) is 1. The molecule has 0 saturated heterocycles. The summed E-state index contributed by atoms with van der Waals surface area (Å²) in [5, 5.41) is 3.36. The van der Waals surface area contributed by atoms with Crippen LogP contribution in [0.2, 0.25) is 0 Å². The smallest absolute Gasteiger partial charge is 0.106 e. The number of nitrogen functional groups attached to an aromatic ring is 1. The van der Waals surface area contributed by atoms with Gasteiger partial charge in [0.15, 0.2) is 0 Å². The lowest BCUT2D eigenvalue weighted by Gasteiger charge is -2.11. The van der Waals surface area contributed by atoms with Crippen molar-refractivity contribution in [3.63, 3.8) is 0 Å². The van der Waals surface area contributed by atoms with Gasteiger partial charge in [-0.2, -0.15) is 0 Å². The maximum Gasteiger partial charge on any atom is 0.106 e. The Morgan fingerprint density at radius 1 is 1.11 bits per heavy atom. The molecule has 0 aliphatic heterocycles. The molecule has 0 amide bonds. The van der Waals surface area contributed by atoms with Gasteiger partial charge >= 0.3 is 0 Å². The van der Waals surface area contributed by atoms with Gasteiger partial charge < -0.3 is 11.1 Å². The quantitative estimate of drug-likeness (QED) is 0.684. The number of aromatic nitrogens is 1. The minimum Gasteiger partial charge on any atom is -0.395 e.